The van der Waals surface area contributed by atoms with E-state index < -0.39 is 0 Å². The highest BCUT2D eigenvalue weighted by molar-refractivity contribution is 7.16. The predicted octanol–water partition coefficient (Wildman–Crippen LogP) is 2.54. The molecule has 0 spiro atoms. The summed E-state index contributed by atoms with van der Waals surface area (Å²) in [5.74, 6) is 1.03. The van der Waals surface area contributed by atoms with Crippen molar-refractivity contribution >= 4 is 33.3 Å². The van der Waals surface area contributed by atoms with E-state index in [-0.39, 0.29) is 17.4 Å². The van der Waals surface area contributed by atoms with Crippen molar-refractivity contribution in [3.8, 4) is 0 Å². The molecular formula is C18H27N5OS. The van der Waals surface area contributed by atoms with Crippen LogP contribution in [0.25, 0.3) is 10.2 Å². The van der Waals surface area contributed by atoms with Gasteiger partial charge in [-0.25, -0.2) is 9.97 Å². The van der Waals surface area contributed by atoms with Crippen LogP contribution >= 0.6 is 11.3 Å². The fourth-order valence-corrected chi connectivity index (χ4v) is 4.05. The number of anilines is 1. The number of thiophene rings is 1. The van der Waals surface area contributed by atoms with Crippen molar-refractivity contribution < 1.29 is 4.79 Å². The molecule has 0 aliphatic carbocycles. The predicted molar refractivity (Wildman–Crippen MR) is 103 cm³/mol. The first-order valence-electron chi connectivity index (χ1n) is 9.06. The molecule has 1 unspecified atom stereocenters. The minimum atomic E-state index is -0.306. The normalized spacial score (nSPS) is 18.5. The van der Waals surface area contributed by atoms with Gasteiger partial charge in [-0.2, -0.15) is 0 Å². The van der Waals surface area contributed by atoms with Crippen molar-refractivity contribution in [1.82, 2.24) is 15.3 Å². The Balaban J connectivity index is 1.67. The standard InChI is InChI=1S/C18H27N5OS/c1-3-18(19,4-2)11-20-16(24)13-6-5-8-23(10-13)15-14-7-9-25-17(14)22-12-21-15/h7,9,12-13H,3-6,8,10-11,19H2,1-2H3,(H,20,24). The number of piperidine rings is 1. The van der Waals surface area contributed by atoms with Crippen LogP contribution in [-0.2, 0) is 4.79 Å². The second-order valence-electron chi connectivity index (χ2n) is 6.91. The van der Waals surface area contributed by atoms with Crippen LogP contribution in [0.1, 0.15) is 39.5 Å². The molecule has 1 atom stereocenters. The Morgan fingerprint density at radius 1 is 1.44 bits per heavy atom. The number of fused-ring (bicyclic) bond motifs is 1. The van der Waals surface area contributed by atoms with Crippen molar-refractivity contribution in [2.45, 2.75) is 45.1 Å². The zero-order valence-electron chi connectivity index (χ0n) is 15.0. The number of hydrogen-bond acceptors (Lipinski definition) is 6. The lowest BCUT2D eigenvalue weighted by Gasteiger charge is -2.34. The number of aromatic nitrogens is 2. The summed E-state index contributed by atoms with van der Waals surface area (Å²) in [7, 11) is 0. The number of nitrogens with one attached hydrogen (secondary N) is 1. The zero-order valence-corrected chi connectivity index (χ0v) is 15.8. The molecule has 0 radical (unpaired) electrons. The molecule has 25 heavy (non-hydrogen) atoms. The topological polar surface area (TPSA) is 84.1 Å². The quantitative estimate of drug-likeness (QED) is 0.826. The molecule has 1 fully saturated rings. The number of amides is 1. The van der Waals surface area contributed by atoms with E-state index in [0.717, 1.165) is 48.3 Å². The van der Waals surface area contributed by atoms with Crippen molar-refractivity contribution in [3.05, 3.63) is 17.8 Å². The highest BCUT2D eigenvalue weighted by Gasteiger charge is 2.29. The lowest BCUT2D eigenvalue weighted by atomic mass is 9.93. The summed E-state index contributed by atoms with van der Waals surface area (Å²) < 4.78 is 0. The van der Waals surface area contributed by atoms with Gasteiger partial charge in [-0.3, -0.25) is 4.79 Å². The van der Waals surface area contributed by atoms with Crippen LogP contribution in [0.2, 0.25) is 0 Å². The molecule has 2 aromatic rings. The average molecular weight is 362 g/mol. The number of nitrogens with zero attached hydrogens (tertiary/aromatic N) is 3. The summed E-state index contributed by atoms with van der Waals surface area (Å²) in [4.78, 5) is 24.7. The molecule has 3 heterocycles. The largest absolute Gasteiger partial charge is 0.355 e. The van der Waals surface area contributed by atoms with Crippen LogP contribution in [-0.4, -0.2) is 41.0 Å². The molecule has 0 bridgehead atoms. The second kappa shape index (κ2) is 7.66. The van der Waals surface area contributed by atoms with Gasteiger partial charge in [0.25, 0.3) is 0 Å². The lowest BCUT2D eigenvalue weighted by molar-refractivity contribution is -0.125. The van der Waals surface area contributed by atoms with Crippen molar-refractivity contribution in [2.24, 2.45) is 11.7 Å². The van der Waals surface area contributed by atoms with Crippen molar-refractivity contribution in [3.63, 3.8) is 0 Å². The van der Waals surface area contributed by atoms with Crippen LogP contribution < -0.4 is 16.0 Å². The second-order valence-corrected chi connectivity index (χ2v) is 7.80. The molecule has 0 saturated carbocycles. The molecule has 7 heteroatoms. The van der Waals surface area contributed by atoms with Gasteiger partial charge >= 0.3 is 0 Å². The minimum absolute atomic E-state index is 0.0182. The number of nitrogens with two attached hydrogens (primary N) is 1. The van der Waals surface area contributed by atoms with Gasteiger partial charge in [0.2, 0.25) is 5.91 Å². The van der Waals surface area contributed by atoms with Crippen LogP contribution in [0.15, 0.2) is 17.8 Å². The van der Waals surface area contributed by atoms with Gasteiger partial charge in [0.15, 0.2) is 0 Å². The third kappa shape index (κ3) is 3.93. The van der Waals surface area contributed by atoms with Gasteiger partial charge in [0.05, 0.1) is 11.3 Å². The Morgan fingerprint density at radius 2 is 2.24 bits per heavy atom. The molecule has 0 aromatic carbocycles. The van der Waals surface area contributed by atoms with E-state index in [1.54, 1.807) is 17.7 Å². The summed E-state index contributed by atoms with van der Waals surface area (Å²) in [6.45, 7) is 6.30. The molecular weight excluding hydrogens is 334 g/mol. The van der Waals surface area contributed by atoms with Crippen molar-refractivity contribution in [2.75, 3.05) is 24.5 Å². The van der Waals surface area contributed by atoms with E-state index >= 15 is 0 Å². The monoisotopic (exact) mass is 361 g/mol. The van der Waals surface area contributed by atoms with Gasteiger partial charge in [-0.05, 0) is 37.1 Å². The minimum Gasteiger partial charge on any atom is -0.355 e. The van der Waals surface area contributed by atoms with Crippen LogP contribution in [0, 0.1) is 5.92 Å². The number of hydrogen-bond donors (Lipinski definition) is 2. The molecule has 3 rings (SSSR count). The Bertz CT molecular complexity index is 727. The van der Waals surface area contributed by atoms with E-state index in [2.05, 4.69) is 40.1 Å². The van der Waals surface area contributed by atoms with Crippen LogP contribution in [0.3, 0.4) is 0 Å². The molecule has 1 aliphatic rings. The summed E-state index contributed by atoms with van der Waals surface area (Å²) in [6.07, 6.45) is 5.23. The van der Waals surface area contributed by atoms with Crippen LogP contribution in [0.4, 0.5) is 5.82 Å². The first-order valence-corrected chi connectivity index (χ1v) is 9.94. The third-order valence-electron chi connectivity index (χ3n) is 5.36. The number of carbonyl (C=O) groups excluding carboxylic acids is 1. The Morgan fingerprint density at radius 3 is 3.00 bits per heavy atom. The van der Waals surface area contributed by atoms with Gasteiger partial charge in [-0.1, -0.05) is 13.8 Å². The Hall–Kier alpha value is -1.73. The molecule has 6 nitrogen and oxygen atoms in total. The average Bonchev–Trinajstić information content (AvgIpc) is 3.14. The summed E-state index contributed by atoms with van der Waals surface area (Å²) in [5.41, 5.74) is 6.00. The summed E-state index contributed by atoms with van der Waals surface area (Å²) >= 11 is 1.62. The Labute approximate surface area is 152 Å². The summed E-state index contributed by atoms with van der Waals surface area (Å²) in [5, 5.41) is 6.19. The van der Waals surface area contributed by atoms with Crippen molar-refractivity contribution in [1.29, 1.82) is 0 Å². The highest BCUT2D eigenvalue weighted by Crippen LogP contribution is 2.30. The van der Waals surface area contributed by atoms with E-state index in [1.807, 2.05) is 5.38 Å². The highest BCUT2D eigenvalue weighted by atomic mass is 32.1. The Kier molecular flexibility index (Phi) is 5.54. The maximum absolute atomic E-state index is 12.6. The summed E-state index contributed by atoms with van der Waals surface area (Å²) in [6, 6.07) is 2.06. The van der Waals surface area contributed by atoms with E-state index in [9.17, 15) is 4.79 Å². The third-order valence-corrected chi connectivity index (χ3v) is 6.18. The fraction of sp³-hybridized carbons (Fsp3) is 0.611. The molecule has 136 valence electrons. The van der Waals surface area contributed by atoms with Gasteiger partial charge < -0.3 is 16.0 Å². The molecule has 1 saturated heterocycles. The fourth-order valence-electron chi connectivity index (χ4n) is 3.32. The van der Waals surface area contributed by atoms with Gasteiger partial charge in [0, 0.05) is 25.2 Å². The van der Waals surface area contributed by atoms with E-state index in [4.69, 9.17) is 5.73 Å². The maximum atomic E-state index is 12.6. The van der Waals surface area contributed by atoms with Gasteiger partial charge in [0.1, 0.15) is 17.0 Å². The molecule has 2 aromatic heterocycles. The molecule has 3 N–H and O–H groups in total. The zero-order chi connectivity index (χ0) is 17.9. The molecule has 1 aliphatic heterocycles. The number of rotatable bonds is 6. The van der Waals surface area contributed by atoms with Gasteiger partial charge in [-0.15, -0.1) is 11.3 Å². The maximum Gasteiger partial charge on any atom is 0.224 e. The number of carbonyl (C=O) groups is 1. The smallest absolute Gasteiger partial charge is 0.224 e. The molecule has 1 amide bonds. The van der Waals surface area contributed by atoms with E-state index in [1.165, 1.54) is 0 Å². The van der Waals surface area contributed by atoms with Crippen LogP contribution in [0.5, 0.6) is 0 Å². The first kappa shape index (κ1) is 18.1. The van der Waals surface area contributed by atoms with E-state index in [0.29, 0.717) is 13.1 Å². The lowest BCUT2D eigenvalue weighted by Crippen LogP contribution is -2.52. The SMILES string of the molecule is CCC(N)(CC)CNC(=O)C1CCCN(c2ncnc3sccc23)C1. The first-order chi connectivity index (χ1) is 12.1.